The molecule has 0 aromatic carbocycles. The predicted octanol–water partition coefficient (Wildman–Crippen LogP) is 3.42. The molecule has 0 radical (unpaired) electrons. The van der Waals surface area contributed by atoms with E-state index in [0.717, 1.165) is 6.42 Å². The molecule has 0 saturated carbocycles. The van der Waals surface area contributed by atoms with Crippen molar-refractivity contribution in [3.05, 3.63) is 17.5 Å². The number of carboxylic acid groups (broad SMARTS) is 1. The Morgan fingerprint density at radius 1 is 1.40 bits per heavy atom. The van der Waals surface area contributed by atoms with Crippen molar-refractivity contribution in [3.8, 4) is 0 Å². The summed E-state index contributed by atoms with van der Waals surface area (Å²) < 4.78 is 0. The second-order valence-corrected chi connectivity index (χ2v) is 6.67. The zero-order valence-electron chi connectivity index (χ0n) is 12.8. The van der Waals surface area contributed by atoms with Gasteiger partial charge in [-0.15, -0.1) is 0 Å². The molecule has 0 spiro atoms. The second kappa shape index (κ2) is 6.11. The normalized spacial score (nSPS) is 13.1. The van der Waals surface area contributed by atoms with Gasteiger partial charge in [-0.05, 0) is 30.7 Å². The molecule has 0 bridgehead atoms. The molecule has 1 aromatic rings. The topological polar surface area (TPSA) is 82.2 Å². The molecule has 112 valence electrons. The summed E-state index contributed by atoms with van der Waals surface area (Å²) in [6.45, 7) is 10.2. The maximum absolute atomic E-state index is 12.0. The number of rotatable bonds is 5. The van der Waals surface area contributed by atoms with Crippen LogP contribution >= 0.6 is 0 Å². The van der Waals surface area contributed by atoms with E-state index in [2.05, 4.69) is 31.1 Å². The Bertz CT molecular complexity index is 498. The lowest BCUT2D eigenvalue weighted by atomic mass is 9.84. The summed E-state index contributed by atoms with van der Waals surface area (Å²) in [6.07, 6.45) is 1.33. The van der Waals surface area contributed by atoms with Crippen molar-refractivity contribution in [1.29, 1.82) is 0 Å². The number of H-pyrrole nitrogens is 1. The molecular weight excluding hydrogens is 256 g/mol. The molecule has 1 rings (SSSR count). The summed E-state index contributed by atoms with van der Waals surface area (Å²) in [7, 11) is 0. The molecule has 1 aromatic heterocycles. The second-order valence-electron chi connectivity index (χ2n) is 6.67. The number of carboxylic acids is 1. The van der Waals surface area contributed by atoms with E-state index in [1.165, 1.54) is 0 Å². The Balaban J connectivity index is 2.65. The summed E-state index contributed by atoms with van der Waals surface area (Å²) in [4.78, 5) is 25.7. The molecule has 1 heterocycles. The number of anilines is 1. The maximum Gasteiger partial charge on any atom is 0.354 e. The van der Waals surface area contributed by atoms with E-state index in [1.54, 1.807) is 13.0 Å². The number of amides is 1. The van der Waals surface area contributed by atoms with E-state index in [1.807, 2.05) is 6.92 Å². The lowest BCUT2D eigenvalue weighted by molar-refractivity contribution is -0.117. The number of nitrogens with one attached hydrogen (secondary N) is 2. The SMILES string of the molecule is Cc1cc(NC(=O)CC(C)CC(C)(C)C)c(C(=O)O)[nH]1. The Labute approximate surface area is 119 Å². The van der Waals surface area contributed by atoms with Crippen LogP contribution in [0.15, 0.2) is 6.07 Å². The Kier molecular flexibility index (Phi) is 4.98. The number of aromatic nitrogens is 1. The molecule has 5 heteroatoms. The lowest BCUT2D eigenvalue weighted by Gasteiger charge is -2.22. The molecule has 0 aliphatic carbocycles. The van der Waals surface area contributed by atoms with Crippen molar-refractivity contribution in [2.75, 3.05) is 5.32 Å². The number of hydrogen-bond donors (Lipinski definition) is 3. The van der Waals surface area contributed by atoms with E-state index in [9.17, 15) is 9.59 Å². The lowest BCUT2D eigenvalue weighted by Crippen LogP contribution is -2.19. The summed E-state index contributed by atoms with van der Waals surface area (Å²) in [5.74, 6) is -0.970. The van der Waals surface area contributed by atoms with Gasteiger partial charge < -0.3 is 15.4 Å². The molecular formula is C15H24N2O3. The zero-order chi connectivity index (χ0) is 15.5. The van der Waals surface area contributed by atoms with Gasteiger partial charge in [0, 0.05) is 12.1 Å². The van der Waals surface area contributed by atoms with Crippen LogP contribution in [0, 0.1) is 18.3 Å². The predicted molar refractivity (Wildman–Crippen MR) is 79.0 cm³/mol. The van der Waals surface area contributed by atoms with Gasteiger partial charge in [-0.2, -0.15) is 0 Å². The number of aromatic carboxylic acids is 1. The van der Waals surface area contributed by atoms with Crippen molar-refractivity contribution < 1.29 is 14.7 Å². The molecule has 0 fully saturated rings. The minimum absolute atomic E-state index is 0.0272. The first-order valence-corrected chi connectivity index (χ1v) is 6.81. The molecule has 0 aliphatic rings. The highest BCUT2D eigenvalue weighted by Gasteiger charge is 2.20. The van der Waals surface area contributed by atoms with Crippen LogP contribution in [0.4, 0.5) is 5.69 Å². The summed E-state index contributed by atoms with van der Waals surface area (Å²) >= 11 is 0. The highest BCUT2D eigenvalue weighted by Crippen LogP contribution is 2.26. The fourth-order valence-corrected chi connectivity index (χ4v) is 2.49. The zero-order valence-corrected chi connectivity index (χ0v) is 12.8. The van der Waals surface area contributed by atoms with Crippen molar-refractivity contribution in [3.63, 3.8) is 0 Å². The Morgan fingerprint density at radius 2 is 2.00 bits per heavy atom. The number of aryl methyl sites for hydroxylation is 1. The quantitative estimate of drug-likeness (QED) is 0.772. The van der Waals surface area contributed by atoms with Crippen molar-refractivity contribution in [2.45, 2.75) is 47.5 Å². The van der Waals surface area contributed by atoms with Crippen LogP contribution in [-0.4, -0.2) is 22.0 Å². The van der Waals surface area contributed by atoms with Gasteiger partial charge in [0.2, 0.25) is 5.91 Å². The first-order valence-electron chi connectivity index (χ1n) is 6.81. The van der Waals surface area contributed by atoms with Crippen LogP contribution in [0.2, 0.25) is 0 Å². The van der Waals surface area contributed by atoms with Crippen LogP contribution < -0.4 is 5.32 Å². The van der Waals surface area contributed by atoms with Gasteiger partial charge in [-0.3, -0.25) is 4.79 Å². The van der Waals surface area contributed by atoms with Crippen molar-refractivity contribution >= 4 is 17.6 Å². The van der Waals surface area contributed by atoms with Gasteiger partial charge in [-0.1, -0.05) is 27.7 Å². The fraction of sp³-hybridized carbons (Fsp3) is 0.600. The first kappa shape index (κ1) is 16.3. The maximum atomic E-state index is 12.0. The third kappa shape index (κ3) is 5.07. The molecule has 3 N–H and O–H groups in total. The standard InChI is InChI=1S/C15H24N2O3/c1-9(8-15(3,4)5)6-12(18)17-11-7-10(2)16-13(11)14(19)20/h7,9,16H,6,8H2,1-5H3,(H,17,18)(H,19,20). The van der Waals surface area contributed by atoms with Crippen LogP contribution in [-0.2, 0) is 4.79 Å². The number of carbonyl (C=O) groups excluding carboxylic acids is 1. The molecule has 20 heavy (non-hydrogen) atoms. The van der Waals surface area contributed by atoms with E-state index >= 15 is 0 Å². The van der Waals surface area contributed by atoms with E-state index in [-0.39, 0.29) is 22.9 Å². The molecule has 1 amide bonds. The number of hydrogen-bond acceptors (Lipinski definition) is 2. The van der Waals surface area contributed by atoms with E-state index in [0.29, 0.717) is 17.8 Å². The average Bonchev–Trinajstić information content (AvgIpc) is 2.55. The van der Waals surface area contributed by atoms with Crippen LogP contribution in [0.5, 0.6) is 0 Å². The fourth-order valence-electron chi connectivity index (χ4n) is 2.49. The summed E-state index contributed by atoms with van der Waals surface area (Å²) in [5, 5.41) is 11.7. The van der Waals surface area contributed by atoms with Gasteiger partial charge in [0.05, 0.1) is 5.69 Å². The molecule has 1 unspecified atom stereocenters. The number of aromatic amines is 1. The van der Waals surface area contributed by atoms with Gasteiger partial charge in [0.25, 0.3) is 0 Å². The molecule has 0 aliphatic heterocycles. The number of carbonyl (C=O) groups is 2. The van der Waals surface area contributed by atoms with E-state index in [4.69, 9.17) is 5.11 Å². The minimum atomic E-state index is -1.07. The van der Waals surface area contributed by atoms with Crippen molar-refractivity contribution in [1.82, 2.24) is 4.98 Å². The third-order valence-corrected chi connectivity index (χ3v) is 2.93. The molecule has 5 nitrogen and oxygen atoms in total. The van der Waals surface area contributed by atoms with Gasteiger partial charge >= 0.3 is 5.97 Å². The monoisotopic (exact) mass is 280 g/mol. The van der Waals surface area contributed by atoms with Crippen molar-refractivity contribution in [2.24, 2.45) is 11.3 Å². The minimum Gasteiger partial charge on any atom is -0.477 e. The molecule has 0 saturated heterocycles. The highest BCUT2D eigenvalue weighted by atomic mass is 16.4. The Morgan fingerprint density at radius 3 is 2.50 bits per heavy atom. The van der Waals surface area contributed by atoms with Crippen LogP contribution in [0.3, 0.4) is 0 Å². The average molecular weight is 280 g/mol. The van der Waals surface area contributed by atoms with Gasteiger partial charge in [-0.25, -0.2) is 4.79 Å². The van der Waals surface area contributed by atoms with Gasteiger partial charge in [0.1, 0.15) is 5.69 Å². The van der Waals surface area contributed by atoms with E-state index < -0.39 is 5.97 Å². The largest absolute Gasteiger partial charge is 0.477 e. The summed E-state index contributed by atoms with van der Waals surface area (Å²) in [5.41, 5.74) is 1.25. The van der Waals surface area contributed by atoms with Gasteiger partial charge in [0.15, 0.2) is 0 Å². The molecule has 1 atom stereocenters. The summed E-state index contributed by atoms with van der Waals surface area (Å²) in [6, 6.07) is 1.63. The first-order chi connectivity index (χ1) is 9.08. The van der Waals surface area contributed by atoms with Crippen LogP contribution in [0.25, 0.3) is 0 Å². The third-order valence-electron chi connectivity index (χ3n) is 2.93. The highest BCUT2D eigenvalue weighted by molar-refractivity contribution is 5.99. The Hall–Kier alpha value is -1.78. The van der Waals surface area contributed by atoms with Crippen LogP contribution in [0.1, 0.15) is 56.7 Å². The smallest absolute Gasteiger partial charge is 0.354 e.